The van der Waals surface area contributed by atoms with E-state index in [1.165, 1.54) is 0 Å². The minimum Gasteiger partial charge on any atom is -0.383 e. The third kappa shape index (κ3) is 3.87. The van der Waals surface area contributed by atoms with E-state index in [2.05, 4.69) is 23.4 Å². The van der Waals surface area contributed by atoms with Gasteiger partial charge in [-0.1, -0.05) is 26.0 Å². The van der Waals surface area contributed by atoms with Gasteiger partial charge in [-0.05, 0) is 42.2 Å². The molecule has 4 rings (SSSR count). The summed E-state index contributed by atoms with van der Waals surface area (Å²) in [7, 11) is -1.86. The monoisotopic (exact) mass is 428 g/mol. The van der Waals surface area contributed by atoms with Gasteiger partial charge in [0.05, 0.1) is 11.5 Å². The average molecular weight is 429 g/mol. The first kappa shape index (κ1) is 21.0. The zero-order chi connectivity index (χ0) is 21.3. The third-order valence-electron chi connectivity index (χ3n) is 5.75. The number of benzene rings is 1. The molecule has 1 aliphatic heterocycles. The summed E-state index contributed by atoms with van der Waals surface area (Å²) in [6.07, 6.45) is 2.49. The maximum Gasteiger partial charge on any atom is 0.243 e. The topological polar surface area (TPSA) is 77.3 Å². The molecule has 7 nitrogen and oxygen atoms in total. The Bertz CT molecular complexity index is 1120. The van der Waals surface area contributed by atoms with Crippen LogP contribution in [0.15, 0.2) is 47.5 Å². The second kappa shape index (κ2) is 8.45. The van der Waals surface area contributed by atoms with Crippen LogP contribution in [0.3, 0.4) is 0 Å². The van der Waals surface area contributed by atoms with Gasteiger partial charge in [-0.25, -0.2) is 18.4 Å². The highest BCUT2D eigenvalue weighted by atomic mass is 32.2. The molecule has 30 heavy (non-hydrogen) atoms. The maximum absolute atomic E-state index is 13.2. The molecule has 0 spiro atoms. The van der Waals surface area contributed by atoms with Crippen LogP contribution in [0.4, 0.5) is 0 Å². The Balaban J connectivity index is 1.60. The molecule has 0 radical (unpaired) electrons. The molecule has 3 aromatic rings. The lowest BCUT2D eigenvalue weighted by atomic mass is 10.0. The molecule has 1 aromatic carbocycles. The molecule has 160 valence electrons. The number of sulfonamides is 1. The molecule has 0 unspecified atom stereocenters. The van der Waals surface area contributed by atoms with Gasteiger partial charge in [-0.15, -0.1) is 0 Å². The number of nitrogens with zero attached hydrogens (tertiary/aromatic N) is 4. The van der Waals surface area contributed by atoms with Crippen molar-refractivity contribution in [3.63, 3.8) is 0 Å². The van der Waals surface area contributed by atoms with Crippen molar-refractivity contribution in [3.05, 3.63) is 54.0 Å². The van der Waals surface area contributed by atoms with E-state index in [1.807, 2.05) is 24.3 Å². The van der Waals surface area contributed by atoms with Gasteiger partial charge in [-0.2, -0.15) is 4.31 Å². The number of rotatable bonds is 7. The number of imidazole rings is 1. The lowest BCUT2D eigenvalue weighted by Crippen LogP contribution is -2.29. The molecule has 8 heteroatoms. The van der Waals surface area contributed by atoms with Crippen LogP contribution in [0.1, 0.15) is 43.5 Å². The van der Waals surface area contributed by atoms with Gasteiger partial charge >= 0.3 is 0 Å². The van der Waals surface area contributed by atoms with Crippen molar-refractivity contribution >= 4 is 21.2 Å². The van der Waals surface area contributed by atoms with Crippen molar-refractivity contribution in [1.29, 1.82) is 0 Å². The Kier molecular flexibility index (Phi) is 5.90. The van der Waals surface area contributed by atoms with Crippen LogP contribution in [0, 0.1) is 0 Å². The molecule has 1 saturated heterocycles. The minimum atomic E-state index is -3.53. The summed E-state index contributed by atoms with van der Waals surface area (Å²) in [5.74, 6) is 1.28. The summed E-state index contributed by atoms with van der Waals surface area (Å²) in [6, 6.07) is 11.0. The number of hydrogen-bond acceptors (Lipinski definition) is 5. The summed E-state index contributed by atoms with van der Waals surface area (Å²) >= 11 is 0. The molecule has 0 saturated carbocycles. The minimum absolute atomic E-state index is 0.0285. The first-order chi connectivity index (χ1) is 14.4. The van der Waals surface area contributed by atoms with Crippen LogP contribution < -0.4 is 0 Å². The van der Waals surface area contributed by atoms with Crippen molar-refractivity contribution in [3.8, 4) is 0 Å². The first-order valence-electron chi connectivity index (χ1n) is 10.3. The Morgan fingerprint density at radius 3 is 2.67 bits per heavy atom. The van der Waals surface area contributed by atoms with Crippen molar-refractivity contribution < 1.29 is 13.2 Å². The van der Waals surface area contributed by atoms with E-state index in [0.717, 1.165) is 29.0 Å². The number of aromatic nitrogens is 3. The molecule has 0 aliphatic carbocycles. The van der Waals surface area contributed by atoms with Gasteiger partial charge < -0.3 is 9.30 Å². The van der Waals surface area contributed by atoms with Crippen molar-refractivity contribution in [2.75, 3.05) is 26.8 Å². The average Bonchev–Trinajstić information content (AvgIpc) is 3.37. The molecule has 0 N–H and O–H groups in total. The Morgan fingerprint density at radius 2 is 1.97 bits per heavy atom. The molecular weight excluding hydrogens is 400 g/mol. The normalized spacial score (nSPS) is 17.9. The summed E-state index contributed by atoms with van der Waals surface area (Å²) in [5.41, 5.74) is 2.77. The van der Waals surface area contributed by atoms with Crippen LogP contribution in [0.2, 0.25) is 0 Å². The van der Waals surface area contributed by atoms with Gasteiger partial charge in [0.25, 0.3) is 0 Å². The van der Waals surface area contributed by atoms with E-state index >= 15 is 0 Å². The van der Waals surface area contributed by atoms with Crippen LogP contribution in [-0.4, -0.2) is 54.1 Å². The summed E-state index contributed by atoms with van der Waals surface area (Å²) in [4.78, 5) is 9.62. The van der Waals surface area contributed by atoms with E-state index in [0.29, 0.717) is 37.1 Å². The Hall–Kier alpha value is -2.29. The zero-order valence-electron chi connectivity index (χ0n) is 17.7. The molecule has 1 atom stereocenters. The second-order valence-electron chi connectivity index (χ2n) is 8.03. The first-order valence-corrected chi connectivity index (χ1v) is 11.8. The van der Waals surface area contributed by atoms with Gasteiger partial charge in [0.2, 0.25) is 10.0 Å². The fourth-order valence-corrected chi connectivity index (χ4v) is 5.52. The number of methoxy groups -OCH3 is 1. The number of fused-ring (bicyclic) bond motifs is 1. The second-order valence-corrected chi connectivity index (χ2v) is 9.97. The summed E-state index contributed by atoms with van der Waals surface area (Å²) in [6.45, 7) is 6.29. The van der Waals surface area contributed by atoms with Crippen molar-refractivity contribution in [2.45, 2.75) is 43.5 Å². The van der Waals surface area contributed by atoms with Crippen LogP contribution in [0.25, 0.3) is 11.2 Å². The number of pyridine rings is 1. The Labute approximate surface area is 177 Å². The molecule has 0 bridgehead atoms. The summed E-state index contributed by atoms with van der Waals surface area (Å²) < 4.78 is 35.3. The van der Waals surface area contributed by atoms with Gasteiger partial charge in [-0.3, -0.25) is 0 Å². The van der Waals surface area contributed by atoms with Crippen molar-refractivity contribution in [1.82, 2.24) is 18.8 Å². The zero-order valence-corrected chi connectivity index (χ0v) is 18.5. The van der Waals surface area contributed by atoms with Crippen LogP contribution in [-0.2, 0) is 21.3 Å². The SMILES string of the molecule is COCCn1c([C@H]2CCN(S(=O)(=O)c3ccc(C(C)C)cc3)C2)nc2cccnc21. The third-order valence-corrected chi connectivity index (χ3v) is 7.63. The molecule has 0 amide bonds. The largest absolute Gasteiger partial charge is 0.383 e. The highest BCUT2D eigenvalue weighted by Gasteiger charge is 2.35. The molecule has 3 heterocycles. The van der Waals surface area contributed by atoms with Crippen LogP contribution >= 0.6 is 0 Å². The number of hydrogen-bond donors (Lipinski definition) is 0. The predicted molar refractivity (Wildman–Crippen MR) is 116 cm³/mol. The Morgan fingerprint density at radius 1 is 1.20 bits per heavy atom. The van der Waals surface area contributed by atoms with E-state index in [1.54, 1.807) is 29.7 Å². The fourth-order valence-electron chi connectivity index (χ4n) is 4.02. The van der Waals surface area contributed by atoms with Gasteiger partial charge in [0, 0.05) is 38.9 Å². The van der Waals surface area contributed by atoms with Gasteiger partial charge in [0.15, 0.2) is 5.65 Å². The summed E-state index contributed by atoms with van der Waals surface area (Å²) in [5, 5.41) is 0. The lowest BCUT2D eigenvalue weighted by Gasteiger charge is -2.18. The van der Waals surface area contributed by atoms with E-state index in [-0.39, 0.29) is 5.92 Å². The van der Waals surface area contributed by atoms with Crippen LogP contribution in [0.5, 0.6) is 0 Å². The van der Waals surface area contributed by atoms with Crippen molar-refractivity contribution in [2.24, 2.45) is 0 Å². The smallest absolute Gasteiger partial charge is 0.243 e. The molecule has 1 aliphatic rings. The maximum atomic E-state index is 13.2. The number of ether oxygens (including phenoxy) is 1. The molecular formula is C22H28N4O3S. The lowest BCUT2D eigenvalue weighted by molar-refractivity contribution is 0.187. The highest BCUT2D eigenvalue weighted by Crippen LogP contribution is 2.32. The van der Waals surface area contributed by atoms with Gasteiger partial charge in [0.1, 0.15) is 11.3 Å². The standard InChI is InChI=1S/C22H28N4O3S/c1-16(2)17-6-8-19(9-7-17)30(27,28)25-12-10-18(15-25)21-24-20-5-4-11-23-22(20)26(21)13-14-29-3/h4-9,11,16,18H,10,12-15H2,1-3H3/t18-/m0/s1. The van der Waals surface area contributed by atoms with E-state index in [9.17, 15) is 8.42 Å². The van der Waals surface area contributed by atoms with E-state index < -0.39 is 10.0 Å². The quantitative estimate of drug-likeness (QED) is 0.577. The predicted octanol–water partition coefficient (Wildman–Crippen LogP) is 3.38. The molecule has 2 aromatic heterocycles. The van der Waals surface area contributed by atoms with E-state index in [4.69, 9.17) is 9.72 Å². The fraction of sp³-hybridized carbons (Fsp3) is 0.455. The highest BCUT2D eigenvalue weighted by molar-refractivity contribution is 7.89. The molecule has 1 fully saturated rings.